The van der Waals surface area contributed by atoms with E-state index in [0.717, 1.165) is 37.3 Å². The molecule has 4 nitrogen and oxygen atoms in total. The Labute approximate surface area is 127 Å². The van der Waals surface area contributed by atoms with Gasteiger partial charge in [-0.15, -0.1) is 0 Å². The molecule has 21 heavy (non-hydrogen) atoms. The molecule has 0 aliphatic carbocycles. The fourth-order valence-corrected chi connectivity index (χ4v) is 2.81. The maximum atomic E-state index is 5.65. The molecule has 2 rings (SSSR count). The molecule has 1 unspecified atom stereocenters. The Bertz CT molecular complexity index is 540. The van der Waals surface area contributed by atoms with Crippen molar-refractivity contribution < 1.29 is 4.42 Å². The molecular formula is C17H27N3O. The fraction of sp³-hybridized carbons (Fsp3) is 0.588. The number of rotatable bonds is 8. The van der Waals surface area contributed by atoms with Crippen molar-refractivity contribution in [2.75, 3.05) is 6.54 Å². The lowest BCUT2D eigenvalue weighted by molar-refractivity contribution is 0.401. The van der Waals surface area contributed by atoms with Crippen LogP contribution in [0.1, 0.15) is 62.7 Å². The summed E-state index contributed by atoms with van der Waals surface area (Å²) in [5.41, 5.74) is 2.31. The van der Waals surface area contributed by atoms with E-state index in [1.54, 1.807) is 6.26 Å². The van der Waals surface area contributed by atoms with Crippen molar-refractivity contribution in [2.45, 2.75) is 59.0 Å². The molecule has 0 aliphatic rings. The molecule has 0 saturated heterocycles. The van der Waals surface area contributed by atoms with Gasteiger partial charge in [-0.25, -0.2) is 0 Å². The average Bonchev–Trinajstić information content (AvgIpc) is 3.09. The third-order valence-electron chi connectivity index (χ3n) is 4.06. The van der Waals surface area contributed by atoms with Crippen LogP contribution >= 0.6 is 0 Å². The maximum Gasteiger partial charge on any atom is 0.123 e. The Morgan fingerprint density at radius 1 is 1.24 bits per heavy atom. The lowest BCUT2D eigenvalue weighted by atomic mass is 10.1. The van der Waals surface area contributed by atoms with Crippen LogP contribution in [0.15, 0.2) is 29.0 Å². The molecule has 0 aliphatic heterocycles. The number of likely N-dealkylation sites (N-methyl/N-ethyl adjacent to an activating group) is 1. The topological polar surface area (TPSA) is 43.0 Å². The highest BCUT2D eigenvalue weighted by Gasteiger charge is 2.18. The van der Waals surface area contributed by atoms with E-state index in [9.17, 15) is 0 Å². The third-order valence-corrected chi connectivity index (χ3v) is 4.06. The summed E-state index contributed by atoms with van der Waals surface area (Å²) in [5, 5.41) is 8.25. The summed E-state index contributed by atoms with van der Waals surface area (Å²) >= 11 is 0. The smallest absolute Gasteiger partial charge is 0.123 e. The summed E-state index contributed by atoms with van der Waals surface area (Å²) in [6.45, 7) is 9.55. The predicted molar refractivity (Wildman–Crippen MR) is 85.4 cm³/mol. The van der Waals surface area contributed by atoms with Crippen molar-refractivity contribution in [1.82, 2.24) is 15.1 Å². The molecule has 0 aromatic carbocycles. The summed E-state index contributed by atoms with van der Waals surface area (Å²) in [5.74, 6) is 1.02. The molecule has 2 aromatic rings. The van der Waals surface area contributed by atoms with Crippen LogP contribution in [0.25, 0.3) is 0 Å². The van der Waals surface area contributed by atoms with Gasteiger partial charge in [0.1, 0.15) is 5.76 Å². The molecule has 0 spiro atoms. The van der Waals surface area contributed by atoms with E-state index in [4.69, 9.17) is 9.52 Å². The highest BCUT2D eigenvalue weighted by molar-refractivity contribution is 5.20. The number of furan rings is 1. The van der Waals surface area contributed by atoms with Gasteiger partial charge in [-0.3, -0.25) is 4.68 Å². The number of aromatic nitrogens is 2. The minimum atomic E-state index is 0.190. The van der Waals surface area contributed by atoms with Crippen molar-refractivity contribution in [2.24, 2.45) is 0 Å². The zero-order valence-corrected chi connectivity index (χ0v) is 13.6. The number of nitrogens with one attached hydrogen (secondary N) is 1. The second kappa shape index (κ2) is 7.46. The van der Waals surface area contributed by atoms with E-state index in [1.807, 2.05) is 6.07 Å². The van der Waals surface area contributed by atoms with Crippen LogP contribution in [0.5, 0.6) is 0 Å². The molecule has 1 N–H and O–H groups in total. The SMILES string of the molecule is CCNC(Cc1ccn(C(CC)CC)n1)c1occc1C. The molecular weight excluding hydrogens is 262 g/mol. The molecule has 0 amide bonds. The van der Waals surface area contributed by atoms with Crippen LogP contribution in [0.2, 0.25) is 0 Å². The second-order valence-corrected chi connectivity index (χ2v) is 5.54. The van der Waals surface area contributed by atoms with Gasteiger partial charge in [0.05, 0.1) is 24.0 Å². The highest BCUT2D eigenvalue weighted by atomic mass is 16.3. The Balaban J connectivity index is 2.12. The summed E-state index contributed by atoms with van der Waals surface area (Å²) in [6.07, 6.45) is 6.95. The van der Waals surface area contributed by atoms with E-state index in [2.05, 4.69) is 50.0 Å². The first kappa shape index (κ1) is 15.8. The zero-order valence-electron chi connectivity index (χ0n) is 13.6. The quantitative estimate of drug-likeness (QED) is 0.797. The molecule has 116 valence electrons. The Kier molecular flexibility index (Phi) is 5.62. The van der Waals surface area contributed by atoms with Crippen molar-refractivity contribution in [3.05, 3.63) is 41.6 Å². The summed E-state index contributed by atoms with van der Waals surface area (Å²) in [4.78, 5) is 0. The lowest BCUT2D eigenvalue weighted by Gasteiger charge is -2.16. The van der Waals surface area contributed by atoms with Gasteiger partial charge in [0, 0.05) is 12.6 Å². The molecule has 0 bridgehead atoms. The summed E-state index contributed by atoms with van der Waals surface area (Å²) in [7, 11) is 0. The molecule has 0 fully saturated rings. The van der Waals surface area contributed by atoms with Crippen LogP contribution in [0.3, 0.4) is 0 Å². The van der Waals surface area contributed by atoms with Crippen LogP contribution in [0.4, 0.5) is 0 Å². The normalized spacial score (nSPS) is 13.0. The standard InChI is InChI=1S/C17H27N3O/c1-5-15(6-2)20-10-8-14(19-20)12-16(18-7-3)17-13(4)9-11-21-17/h8-11,15-16,18H,5-7,12H2,1-4H3. The monoisotopic (exact) mass is 289 g/mol. The third kappa shape index (κ3) is 3.76. The molecule has 0 radical (unpaired) electrons. The predicted octanol–water partition coefficient (Wildman–Crippen LogP) is 4.04. The molecule has 2 aromatic heterocycles. The van der Waals surface area contributed by atoms with Crippen molar-refractivity contribution in [1.29, 1.82) is 0 Å². The largest absolute Gasteiger partial charge is 0.467 e. The van der Waals surface area contributed by atoms with Crippen LogP contribution in [0, 0.1) is 6.92 Å². The van der Waals surface area contributed by atoms with E-state index >= 15 is 0 Å². The van der Waals surface area contributed by atoms with Crippen LogP contribution in [-0.2, 0) is 6.42 Å². The van der Waals surface area contributed by atoms with Crippen molar-refractivity contribution >= 4 is 0 Å². The zero-order chi connectivity index (χ0) is 15.2. The van der Waals surface area contributed by atoms with Gasteiger partial charge in [0.2, 0.25) is 0 Å². The summed E-state index contributed by atoms with van der Waals surface area (Å²) < 4.78 is 7.76. The number of nitrogens with zero attached hydrogens (tertiary/aromatic N) is 2. The number of aryl methyl sites for hydroxylation is 1. The first-order chi connectivity index (χ1) is 10.2. The van der Waals surface area contributed by atoms with Gasteiger partial charge in [-0.2, -0.15) is 5.10 Å². The number of hydrogen-bond donors (Lipinski definition) is 1. The van der Waals surface area contributed by atoms with Crippen LogP contribution in [-0.4, -0.2) is 16.3 Å². The van der Waals surface area contributed by atoms with Gasteiger partial charge in [-0.05, 0) is 44.0 Å². The minimum Gasteiger partial charge on any atom is -0.467 e. The van der Waals surface area contributed by atoms with E-state index < -0.39 is 0 Å². The van der Waals surface area contributed by atoms with Crippen molar-refractivity contribution in [3.63, 3.8) is 0 Å². The Hall–Kier alpha value is -1.55. The molecule has 2 heterocycles. The minimum absolute atomic E-state index is 0.190. The Morgan fingerprint density at radius 3 is 2.57 bits per heavy atom. The van der Waals surface area contributed by atoms with Gasteiger partial charge in [0.15, 0.2) is 0 Å². The molecule has 4 heteroatoms. The first-order valence-corrected chi connectivity index (χ1v) is 8.00. The van der Waals surface area contributed by atoms with Gasteiger partial charge in [-0.1, -0.05) is 20.8 Å². The highest BCUT2D eigenvalue weighted by Crippen LogP contribution is 2.23. The number of hydrogen-bond acceptors (Lipinski definition) is 3. The lowest BCUT2D eigenvalue weighted by Crippen LogP contribution is -2.23. The van der Waals surface area contributed by atoms with E-state index in [0.29, 0.717) is 6.04 Å². The average molecular weight is 289 g/mol. The van der Waals surface area contributed by atoms with Gasteiger partial charge in [0.25, 0.3) is 0 Å². The van der Waals surface area contributed by atoms with Gasteiger partial charge >= 0.3 is 0 Å². The summed E-state index contributed by atoms with van der Waals surface area (Å²) in [6, 6.07) is 4.83. The van der Waals surface area contributed by atoms with E-state index in [-0.39, 0.29) is 6.04 Å². The van der Waals surface area contributed by atoms with Crippen LogP contribution < -0.4 is 5.32 Å². The second-order valence-electron chi connectivity index (χ2n) is 5.54. The van der Waals surface area contributed by atoms with Crippen molar-refractivity contribution in [3.8, 4) is 0 Å². The molecule has 0 saturated carbocycles. The van der Waals surface area contributed by atoms with E-state index in [1.165, 1.54) is 5.56 Å². The Morgan fingerprint density at radius 2 is 2.00 bits per heavy atom. The van der Waals surface area contributed by atoms with Gasteiger partial charge < -0.3 is 9.73 Å². The molecule has 1 atom stereocenters. The first-order valence-electron chi connectivity index (χ1n) is 8.00. The fourth-order valence-electron chi connectivity index (χ4n) is 2.81. The maximum absolute atomic E-state index is 5.65.